The van der Waals surface area contributed by atoms with E-state index in [1.807, 2.05) is 0 Å². The van der Waals surface area contributed by atoms with Gasteiger partial charge in [-0.3, -0.25) is 4.79 Å². The lowest BCUT2D eigenvalue weighted by Gasteiger charge is -2.05. The number of nitrogens with zero attached hydrogens (tertiary/aromatic N) is 1. The van der Waals surface area contributed by atoms with E-state index < -0.39 is 17.6 Å². The zero-order valence-corrected chi connectivity index (χ0v) is 15.7. The summed E-state index contributed by atoms with van der Waals surface area (Å²) in [5, 5.41) is 9.55. The van der Waals surface area contributed by atoms with E-state index in [0.29, 0.717) is 33.3 Å². The molecule has 3 aromatic rings. The molecule has 1 heterocycles. The molecule has 0 atom stereocenters. The Hall–Kier alpha value is -2.51. The predicted molar refractivity (Wildman–Crippen MR) is 100 cm³/mol. The summed E-state index contributed by atoms with van der Waals surface area (Å²) in [5.74, 6) is -2.08. The minimum Gasteiger partial charge on any atom is -0.491 e. The summed E-state index contributed by atoms with van der Waals surface area (Å²) in [7, 11) is 0. The SMILES string of the molecule is CCOc1ccc(-c2nc(-c3ccc(Cl)c(F)c3)c(CC(=O)O)s2)cc1F. The molecule has 1 N–H and O–H groups in total. The Bertz CT molecular complexity index is 1010. The summed E-state index contributed by atoms with van der Waals surface area (Å²) < 4.78 is 33.2. The van der Waals surface area contributed by atoms with Gasteiger partial charge in [-0.25, -0.2) is 13.8 Å². The number of aromatic nitrogens is 1. The van der Waals surface area contributed by atoms with Gasteiger partial charge in [-0.05, 0) is 37.3 Å². The van der Waals surface area contributed by atoms with Crippen LogP contribution in [-0.2, 0) is 11.2 Å². The number of halogens is 3. The standard InChI is InChI=1S/C19H14ClF2NO3S/c1-2-26-15-6-4-11(8-14(15)22)19-23-18(16(27-19)9-17(24)25)10-3-5-12(20)13(21)7-10/h3-8H,2,9H2,1H3,(H,24,25). The molecule has 0 unspecified atom stereocenters. The highest BCUT2D eigenvalue weighted by atomic mass is 35.5. The molecule has 0 aliphatic carbocycles. The van der Waals surface area contributed by atoms with E-state index >= 15 is 0 Å². The number of carbonyl (C=O) groups is 1. The molecule has 1 aromatic heterocycles. The minimum absolute atomic E-state index is 0.0393. The van der Waals surface area contributed by atoms with Crippen molar-refractivity contribution in [3.63, 3.8) is 0 Å². The second-order valence-corrected chi connectivity index (χ2v) is 7.06. The topological polar surface area (TPSA) is 59.4 Å². The van der Waals surface area contributed by atoms with Crippen molar-refractivity contribution in [2.45, 2.75) is 13.3 Å². The van der Waals surface area contributed by atoms with Crippen LogP contribution in [0.3, 0.4) is 0 Å². The Morgan fingerprint density at radius 3 is 2.52 bits per heavy atom. The van der Waals surface area contributed by atoms with Crippen molar-refractivity contribution in [1.29, 1.82) is 0 Å². The smallest absolute Gasteiger partial charge is 0.308 e. The summed E-state index contributed by atoms with van der Waals surface area (Å²) in [4.78, 5) is 16.1. The second-order valence-electron chi connectivity index (χ2n) is 5.57. The van der Waals surface area contributed by atoms with Gasteiger partial charge in [0.05, 0.1) is 23.7 Å². The van der Waals surface area contributed by atoms with Crippen molar-refractivity contribution in [3.05, 3.63) is 57.9 Å². The van der Waals surface area contributed by atoms with Crippen molar-refractivity contribution < 1.29 is 23.4 Å². The number of hydrogen-bond acceptors (Lipinski definition) is 4. The lowest BCUT2D eigenvalue weighted by Crippen LogP contribution is -1.99. The molecule has 3 rings (SSSR count). The van der Waals surface area contributed by atoms with Crippen LogP contribution in [0.1, 0.15) is 11.8 Å². The van der Waals surface area contributed by atoms with Crippen LogP contribution in [0, 0.1) is 11.6 Å². The van der Waals surface area contributed by atoms with Gasteiger partial charge >= 0.3 is 5.97 Å². The van der Waals surface area contributed by atoms with E-state index in [1.165, 1.54) is 24.3 Å². The molecule has 27 heavy (non-hydrogen) atoms. The maximum atomic E-state index is 14.2. The zero-order chi connectivity index (χ0) is 19.6. The first kappa shape index (κ1) is 19.3. The second kappa shape index (κ2) is 8.02. The maximum absolute atomic E-state index is 14.2. The van der Waals surface area contributed by atoms with E-state index in [2.05, 4.69) is 4.98 Å². The van der Waals surface area contributed by atoms with Crippen LogP contribution >= 0.6 is 22.9 Å². The molecular weight excluding hydrogens is 396 g/mol. The van der Waals surface area contributed by atoms with Gasteiger partial charge in [-0.15, -0.1) is 11.3 Å². The van der Waals surface area contributed by atoms with Gasteiger partial charge in [0.25, 0.3) is 0 Å². The number of carboxylic acid groups (broad SMARTS) is 1. The van der Waals surface area contributed by atoms with Gasteiger partial charge in [0, 0.05) is 16.0 Å². The maximum Gasteiger partial charge on any atom is 0.308 e. The molecule has 0 spiro atoms. The average Bonchev–Trinajstić information content (AvgIpc) is 3.02. The van der Waals surface area contributed by atoms with E-state index in [4.69, 9.17) is 21.4 Å². The Morgan fingerprint density at radius 2 is 1.89 bits per heavy atom. The number of benzene rings is 2. The van der Waals surface area contributed by atoms with E-state index in [0.717, 1.165) is 11.3 Å². The number of carboxylic acids is 1. The van der Waals surface area contributed by atoms with Gasteiger partial charge in [-0.2, -0.15) is 0 Å². The number of rotatable bonds is 6. The highest BCUT2D eigenvalue weighted by molar-refractivity contribution is 7.15. The first-order valence-electron chi connectivity index (χ1n) is 7.98. The fourth-order valence-electron chi connectivity index (χ4n) is 2.51. The number of thiazole rings is 1. The van der Waals surface area contributed by atoms with Gasteiger partial charge in [0.15, 0.2) is 11.6 Å². The van der Waals surface area contributed by atoms with Crippen LogP contribution in [0.2, 0.25) is 5.02 Å². The van der Waals surface area contributed by atoms with Crippen LogP contribution < -0.4 is 4.74 Å². The van der Waals surface area contributed by atoms with Crippen molar-refractivity contribution in [2.75, 3.05) is 6.61 Å². The quantitative estimate of drug-likeness (QED) is 0.589. The van der Waals surface area contributed by atoms with Crippen LogP contribution in [0.4, 0.5) is 8.78 Å². The molecular formula is C19H14ClF2NO3S. The molecule has 0 radical (unpaired) electrons. The normalized spacial score (nSPS) is 10.8. The molecule has 0 bridgehead atoms. The molecule has 0 fully saturated rings. The number of ether oxygens (including phenoxy) is 1. The number of hydrogen-bond donors (Lipinski definition) is 1. The number of aliphatic carboxylic acids is 1. The first-order valence-corrected chi connectivity index (χ1v) is 9.18. The third-order valence-corrected chi connectivity index (χ3v) is 5.09. The monoisotopic (exact) mass is 409 g/mol. The predicted octanol–water partition coefficient (Wildman–Crippen LogP) is 5.43. The Balaban J connectivity index is 2.07. The molecule has 8 heteroatoms. The highest BCUT2D eigenvalue weighted by Crippen LogP contribution is 2.36. The fraction of sp³-hybridized carbons (Fsp3) is 0.158. The van der Waals surface area contributed by atoms with Crippen LogP contribution in [-0.4, -0.2) is 22.7 Å². The molecule has 0 aliphatic rings. The Labute approximate surface area is 163 Å². The van der Waals surface area contributed by atoms with E-state index in [9.17, 15) is 13.6 Å². The molecule has 4 nitrogen and oxygen atoms in total. The average molecular weight is 410 g/mol. The minimum atomic E-state index is -1.04. The molecule has 0 aliphatic heterocycles. The van der Waals surface area contributed by atoms with Crippen LogP contribution in [0.5, 0.6) is 5.75 Å². The van der Waals surface area contributed by atoms with Crippen molar-refractivity contribution in [2.24, 2.45) is 0 Å². The van der Waals surface area contributed by atoms with Gasteiger partial charge in [0.2, 0.25) is 0 Å². The molecule has 0 saturated heterocycles. The summed E-state index contributed by atoms with van der Waals surface area (Å²) in [5.41, 5.74) is 1.22. The van der Waals surface area contributed by atoms with Crippen LogP contribution in [0.25, 0.3) is 21.8 Å². The molecule has 0 saturated carbocycles. The molecule has 2 aromatic carbocycles. The fourth-order valence-corrected chi connectivity index (χ4v) is 3.70. The lowest BCUT2D eigenvalue weighted by atomic mass is 10.1. The first-order chi connectivity index (χ1) is 12.9. The van der Waals surface area contributed by atoms with Gasteiger partial charge in [-0.1, -0.05) is 17.7 Å². The zero-order valence-electron chi connectivity index (χ0n) is 14.1. The van der Waals surface area contributed by atoms with Gasteiger partial charge < -0.3 is 9.84 Å². The summed E-state index contributed by atoms with van der Waals surface area (Å²) in [6.45, 7) is 2.09. The van der Waals surface area contributed by atoms with E-state index in [1.54, 1.807) is 19.1 Å². The van der Waals surface area contributed by atoms with Crippen molar-refractivity contribution in [3.8, 4) is 27.6 Å². The van der Waals surface area contributed by atoms with Crippen molar-refractivity contribution in [1.82, 2.24) is 4.98 Å². The molecule has 0 amide bonds. The lowest BCUT2D eigenvalue weighted by molar-refractivity contribution is -0.136. The summed E-state index contributed by atoms with van der Waals surface area (Å²) in [6, 6.07) is 8.56. The highest BCUT2D eigenvalue weighted by Gasteiger charge is 2.18. The van der Waals surface area contributed by atoms with E-state index in [-0.39, 0.29) is 17.2 Å². The third-order valence-electron chi connectivity index (χ3n) is 3.68. The summed E-state index contributed by atoms with van der Waals surface area (Å²) >= 11 is 6.83. The van der Waals surface area contributed by atoms with Gasteiger partial charge in [0.1, 0.15) is 10.8 Å². The third kappa shape index (κ3) is 4.26. The van der Waals surface area contributed by atoms with Crippen LogP contribution in [0.15, 0.2) is 36.4 Å². The summed E-state index contributed by atoms with van der Waals surface area (Å²) in [6.07, 6.45) is -0.281. The Kier molecular flexibility index (Phi) is 5.72. The van der Waals surface area contributed by atoms with Crippen molar-refractivity contribution >= 4 is 28.9 Å². The largest absolute Gasteiger partial charge is 0.491 e. The molecule has 140 valence electrons. The Morgan fingerprint density at radius 1 is 1.19 bits per heavy atom.